The molecule has 1 N–H and O–H groups in total. The van der Waals surface area contributed by atoms with E-state index in [4.69, 9.17) is 4.52 Å². The molecule has 138 valence electrons. The second kappa shape index (κ2) is 6.27. The van der Waals surface area contributed by atoms with Crippen molar-refractivity contribution < 1.29 is 22.5 Å². The Morgan fingerprint density at radius 3 is 2.96 bits per heavy atom. The van der Waals surface area contributed by atoms with Crippen LogP contribution in [0.4, 0.5) is 18.0 Å². The molecule has 7 nitrogen and oxygen atoms in total. The van der Waals surface area contributed by atoms with Gasteiger partial charge in [0, 0.05) is 31.7 Å². The zero-order chi connectivity index (χ0) is 18.3. The summed E-state index contributed by atoms with van der Waals surface area (Å²) in [7, 11) is 0. The van der Waals surface area contributed by atoms with Gasteiger partial charge >= 0.3 is 12.2 Å². The molecule has 1 unspecified atom stereocenters. The molecule has 0 saturated carbocycles. The Bertz CT molecular complexity index is 822. The molecule has 0 aliphatic carbocycles. The Morgan fingerprint density at radius 2 is 2.15 bits per heavy atom. The number of piperazine rings is 1. The van der Waals surface area contributed by atoms with E-state index in [0.29, 0.717) is 38.6 Å². The third-order valence-electron chi connectivity index (χ3n) is 4.59. The highest BCUT2D eigenvalue weighted by Gasteiger charge is 2.36. The van der Waals surface area contributed by atoms with Crippen molar-refractivity contribution in [1.82, 2.24) is 25.3 Å². The zero-order valence-corrected chi connectivity index (χ0v) is 13.7. The summed E-state index contributed by atoms with van der Waals surface area (Å²) >= 11 is 0. The fourth-order valence-corrected chi connectivity index (χ4v) is 3.27. The molecule has 1 atom stereocenters. The minimum Gasteiger partial charge on any atom is -0.338 e. The van der Waals surface area contributed by atoms with E-state index in [2.05, 4.69) is 20.4 Å². The lowest BCUT2D eigenvalue weighted by molar-refractivity contribution is -0.137. The van der Waals surface area contributed by atoms with Gasteiger partial charge in [0.15, 0.2) is 0 Å². The van der Waals surface area contributed by atoms with Crippen LogP contribution in [0.15, 0.2) is 28.8 Å². The van der Waals surface area contributed by atoms with Crippen LogP contribution in [0.3, 0.4) is 0 Å². The molecule has 26 heavy (non-hydrogen) atoms. The fraction of sp³-hybridized carbons (Fsp3) is 0.438. The molecule has 2 aliphatic heterocycles. The van der Waals surface area contributed by atoms with E-state index in [9.17, 15) is 18.0 Å². The molecule has 0 bridgehead atoms. The summed E-state index contributed by atoms with van der Waals surface area (Å²) in [6.45, 7) is 2.97. The smallest absolute Gasteiger partial charge is 0.338 e. The normalized spacial score (nSPS) is 21.0. The van der Waals surface area contributed by atoms with Gasteiger partial charge in [-0.05, 0) is 12.1 Å². The number of carbonyl (C=O) groups excluding carboxylic acids is 1. The van der Waals surface area contributed by atoms with Crippen LogP contribution in [0.2, 0.25) is 0 Å². The van der Waals surface area contributed by atoms with E-state index in [1.165, 1.54) is 12.1 Å². The predicted molar refractivity (Wildman–Crippen MR) is 83.9 cm³/mol. The second-order valence-corrected chi connectivity index (χ2v) is 6.36. The minimum atomic E-state index is -4.42. The molecule has 2 aliphatic rings. The maximum Gasteiger partial charge on any atom is 0.416 e. The van der Waals surface area contributed by atoms with E-state index < -0.39 is 11.7 Å². The van der Waals surface area contributed by atoms with Gasteiger partial charge in [-0.25, -0.2) is 4.79 Å². The molecule has 3 heterocycles. The number of halogens is 3. The number of urea groups is 1. The number of carbonyl (C=O) groups is 1. The summed E-state index contributed by atoms with van der Waals surface area (Å²) in [5.41, 5.74) is -0.499. The third kappa shape index (κ3) is 3.24. The van der Waals surface area contributed by atoms with Gasteiger partial charge in [-0.1, -0.05) is 17.3 Å². The maximum absolute atomic E-state index is 12.8. The Balaban J connectivity index is 1.45. The van der Waals surface area contributed by atoms with Gasteiger partial charge in [0.25, 0.3) is 0 Å². The Kier molecular flexibility index (Phi) is 4.06. The van der Waals surface area contributed by atoms with Crippen molar-refractivity contribution in [1.29, 1.82) is 0 Å². The van der Waals surface area contributed by atoms with Crippen LogP contribution >= 0.6 is 0 Å². The molecular weight excluding hydrogens is 351 g/mol. The lowest BCUT2D eigenvalue weighted by Gasteiger charge is -2.35. The molecule has 10 heteroatoms. The number of benzene rings is 1. The SMILES string of the molecule is O=C1NCC2CN(Cc3nc(-c4cccc(C(F)(F)F)c4)no3)CCN12. The van der Waals surface area contributed by atoms with Crippen LogP contribution in [0.1, 0.15) is 11.5 Å². The lowest BCUT2D eigenvalue weighted by Crippen LogP contribution is -2.51. The number of hydrogen-bond acceptors (Lipinski definition) is 5. The number of nitrogens with one attached hydrogen (secondary N) is 1. The van der Waals surface area contributed by atoms with Crippen molar-refractivity contribution >= 4 is 6.03 Å². The van der Waals surface area contributed by atoms with Crippen molar-refractivity contribution in [3.8, 4) is 11.4 Å². The number of aromatic nitrogens is 2. The maximum atomic E-state index is 12.8. The molecule has 4 rings (SSSR count). The van der Waals surface area contributed by atoms with E-state index >= 15 is 0 Å². The van der Waals surface area contributed by atoms with Gasteiger partial charge in [0.2, 0.25) is 11.7 Å². The molecule has 1 aromatic heterocycles. The van der Waals surface area contributed by atoms with Crippen molar-refractivity contribution in [3.05, 3.63) is 35.7 Å². The number of nitrogens with zero attached hydrogens (tertiary/aromatic N) is 4. The Morgan fingerprint density at radius 1 is 1.31 bits per heavy atom. The first-order valence-corrected chi connectivity index (χ1v) is 8.17. The predicted octanol–water partition coefficient (Wildman–Crippen LogP) is 1.96. The van der Waals surface area contributed by atoms with Gasteiger partial charge in [-0.15, -0.1) is 0 Å². The molecular formula is C16H16F3N5O2. The van der Waals surface area contributed by atoms with Gasteiger partial charge in [-0.2, -0.15) is 18.2 Å². The summed E-state index contributed by atoms with van der Waals surface area (Å²) in [5, 5.41) is 6.60. The summed E-state index contributed by atoms with van der Waals surface area (Å²) < 4.78 is 43.7. The van der Waals surface area contributed by atoms with Gasteiger partial charge in [0.05, 0.1) is 18.2 Å². The van der Waals surface area contributed by atoms with Crippen molar-refractivity contribution in [2.45, 2.75) is 18.8 Å². The zero-order valence-electron chi connectivity index (χ0n) is 13.7. The van der Waals surface area contributed by atoms with E-state index in [1.807, 2.05) is 0 Å². The quantitative estimate of drug-likeness (QED) is 0.898. The Labute approximate surface area is 146 Å². The second-order valence-electron chi connectivity index (χ2n) is 6.36. The average Bonchev–Trinajstić information content (AvgIpc) is 3.22. The van der Waals surface area contributed by atoms with Crippen LogP contribution in [-0.2, 0) is 12.7 Å². The first-order chi connectivity index (χ1) is 12.4. The number of hydrogen-bond donors (Lipinski definition) is 1. The minimum absolute atomic E-state index is 0.0423. The summed E-state index contributed by atoms with van der Waals surface area (Å²) in [6, 6.07) is 4.90. The Hall–Kier alpha value is -2.62. The highest BCUT2D eigenvalue weighted by molar-refractivity contribution is 5.77. The van der Waals surface area contributed by atoms with E-state index in [-0.39, 0.29) is 23.5 Å². The summed E-state index contributed by atoms with van der Waals surface area (Å²) in [5.74, 6) is 0.464. The molecule has 2 aromatic rings. The number of alkyl halides is 3. The van der Waals surface area contributed by atoms with Gasteiger partial charge < -0.3 is 14.7 Å². The monoisotopic (exact) mass is 367 g/mol. The molecule has 2 amide bonds. The number of fused-ring (bicyclic) bond motifs is 1. The molecule has 0 radical (unpaired) electrons. The standard InChI is InChI=1S/C16H16F3N5O2/c17-16(18,19)11-3-1-2-10(6-11)14-21-13(26-22-14)9-23-4-5-24-12(8-23)7-20-15(24)25/h1-3,6,12H,4-5,7-9H2,(H,20,25). The molecule has 2 fully saturated rings. The molecule has 1 aromatic carbocycles. The topological polar surface area (TPSA) is 74.5 Å². The third-order valence-corrected chi connectivity index (χ3v) is 4.59. The highest BCUT2D eigenvalue weighted by Crippen LogP contribution is 2.31. The first-order valence-electron chi connectivity index (χ1n) is 8.17. The van der Waals surface area contributed by atoms with Gasteiger partial charge in [0.1, 0.15) is 0 Å². The van der Waals surface area contributed by atoms with Crippen molar-refractivity contribution in [2.24, 2.45) is 0 Å². The summed E-state index contributed by atoms with van der Waals surface area (Å²) in [6.07, 6.45) is -4.42. The molecule has 2 saturated heterocycles. The average molecular weight is 367 g/mol. The van der Waals surface area contributed by atoms with Crippen LogP contribution in [0.25, 0.3) is 11.4 Å². The lowest BCUT2D eigenvalue weighted by atomic mass is 10.1. The van der Waals surface area contributed by atoms with Crippen molar-refractivity contribution in [2.75, 3.05) is 26.2 Å². The first kappa shape index (κ1) is 16.8. The van der Waals surface area contributed by atoms with E-state index in [1.54, 1.807) is 4.90 Å². The van der Waals surface area contributed by atoms with E-state index in [0.717, 1.165) is 12.1 Å². The number of rotatable bonds is 3. The van der Waals surface area contributed by atoms with Crippen LogP contribution in [0.5, 0.6) is 0 Å². The van der Waals surface area contributed by atoms with Crippen LogP contribution < -0.4 is 5.32 Å². The largest absolute Gasteiger partial charge is 0.416 e. The number of amides is 2. The van der Waals surface area contributed by atoms with Crippen LogP contribution in [-0.4, -0.2) is 58.2 Å². The highest BCUT2D eigenvalue weighted by atomic mass is 19.4. The van der Waals surface area contributed by atoms with Crippen molar-refractivity contribution in [3.63, 3.8) is 0 Å². The van der Waals surface area contributed by atoms with Gasteiger partial charge in [-0.3, -0.25) is 4.90 Å². The molecule has 0 spiro atoms. The summed E-state index contributed by atoms with van der Waals surface area (Å²) in [4.78, 5) is 19.7. The van der Waals surface area contributed by atoms with Crippen LogP contribution in [0, 0.1) is 0 Å². The fourth-order valence-electron chi connectivity index (χ4n) is 3.27.